The van der Waals surface area contributed by atoms with E-state index in [-0.39, 0.29) is 6.04 Å². The maximum atomic E-state index is 13.9. The minimum atomic E-state index is -0.517. The molecule has 0 amide bonds. The summed E-state index contributed by atoms with van der Waals surface area (Å²) in [4.78, 5) is 3.95. The van der Waals surface area contributed by atoms with Crippen LogP contribution in [0.3, 0.4) is 0 Å². The van der Waals surface area contributed by atoms with Gasteiger partial charge in [0.1, 0.15) is 11.6 Å². The summed E-state index contributed by atoms with van der Waals surface area (Å²) in [5, 5.41) is 3.07. The van der Waals surface area contributed by atoms with Crippen LogP contribution in [0.5, 0.6) is 0 Å². The van der Waals surface area contributed by atoms with E-state index in [1.54, 1.807) is 32.4 Å². The number of nitrogens with zero attached hydrogens (tertiary/aromatic N) is 1. The number of nitrogens with one attached hydrogen (secondary N) is 1. The first-order valence-corrected chi connectivity index (χ1v) is 6.13. The topological polar surface area (TPSA) is 24.9 Å². The van der Waals surface area contributed by atoms with E-state index < -0.39 is 11.6 Å². The van der Waals surface area contributed by atoms with Crippen LogP contribution < -0.4 is 5.32 Å². The average Bonchev–Trinajstić information content (AvgIpc) is 2.42. The quantitative estimate of drug-likeness (QED) is 0.915. The summed E-state index contributed by atoms with van der Waals surface area (Å²) in [7, 11) is 1.77. The number of hydrogen-bond donors (Lipinski definition) is 1. The molecule has 1 aromatic heterocycles. The number of likely N-dealkylation sites (N-methyl/N-ethyl adjacent to an activating group) is 1. The van der Waals surface area contributed by atoms with Gasteiger partial charge in [-0.3, -0.25) is 4.98 Å². The first-order valence-electron chi connectivity index (χ1n) is 6.13. The van der Waals surface area contributed by atoms with Gasteiger partial charge in [0.2, 0.25) is 0 Å². The third-order valence-corrected chi connectivity index (χ3v) is 3.19. The molecule has 1 atom stereocenters. The van der Waals surface area contributed by atoms with Gasteiger partial charge in [0.15, 0.2) is 0 Å². The van der Waals surface area contributed by atoms with Crippen LogP contribution in [0.1, 0.15) is 22.7 Å². The van der Waals surface area contributed by atoms with Crippen LogP contribution in [0.15, 0.2) is 36.7 Å². The molecule has 0 radical (unpaired) electrons. The van der Waals surface area contributed by atoms with E-state index >= 15 is 0 Å². The summed E-state index contributed by atoms with van der Waals surface area (Å²) in [5.74, 6) is -1.03. The Balaban J connectivity index is 2.30. The summed E-state index contributed by atoms with van der Waals surface area (Å²) in [6.07, 6.45) is 4.03. The first-order chi connectivity index (χ1) is 9.11. The Kier molecular flexibility index (Phi) is 4.22. The van der Waals surface area contributed by atoms with Crippen LogP contribution in [0, 0.1) is 18.6 Å². The molecule has 0 aliphatic heterocycles. The Morgan fingerprint density at radius 3 is 2.47 bits per heavy atom. The highest BCUT2D eigenvalue weighted by Crippen LogP contribution is 2.23. The molecule has 0 spiro atoms. The van der Waals surface area contributed by atoms with E-state index in [9.17, 15) is 8.78 Å². The molecule has 2 rings (SSSR count). The molecule has 0 aliphatic carbocycles. The van der Waals surface area contributed by atoms with Crippen LogP contribution >= 0.6 is 0 Å². The number of aryl methyl sites for hydroxylation is 1. The molecule has 19 heavy (non-hydrogen) atoms. The lowest BCUT2D eigenvalue weighted by molar-refractivity contribution is 0.519. The van der Waals surface area contributed by atoms with E-state index in [1.165, 1.54) is 0 Å². The summed E-state index contributed by atoms with van der Waals surface area (Å²) in [6.45, 7) is 1.64. The van der Waals surface area contributed by atoms with Gasteiger partial charge in [0, 0.05) is 30.1 Å². The summed E-state index contributed by atoms with van der Waals surface area (Å²) >= 11 is 0. The molecule has 1 N–H and O–H groups in total. The highest BCUT2D eigenvalue weighted by atomic mass is 19.1. The Bertz CT molecular complexity index is 556. The van der Waals surface area contributed by atoms with E-state index in [1.807, 2.05) is 12.1 Å². The highest BCUT2D eigenvalue weighted by Gasteiger charge is 2.16. The monoisotopic (exact) mass is 262 g/mol. The Morgan fingerprint density at radius 2 is 1.84 bits per heavy atom. The molecule has 0 saturated heterocycles. The lowest BCUT2D eigenvalue weighted by atomic mass is 9.97. The summed E-state index contributed by atoms with van der Waals surface area (Å²) in [6, 6.07) is 6.09. The van der Waals surface area contributed by atoms with Gasteiger partial charge < -0.3 is 5.32 Å². The lowest BCUT2D eigenvalue weighted by Crippen LogP contribution is -2.20. The van der Waals surface area contributed by atoms with Crippen LogP contribution in [-0.4, -0.2) is 12.0 Å². The van der Waals surface area contributed by atoms with Gasteiger partial charge in [-0.25, -0.2) is 8.78 Å². The minimum absolute atomic E-state index is 0.193. The molecule has 4 heteroatoms. The number of rotatable bonds is 4. The first kappa shape index (κ1) is 13.6. The van der Waals surface area contributed by atoms with Crippen LogP contribution in [0.25, 0.3) is 0 Å². The second kappa shape index (κ2) is 5.89. The fourth-order valence-corrected chi connectivity index (χ4v) is 2.07. The number of aromatic nitrogens is 1. The van der Waals surface area contributed by atoms with Crippen LogP contribution in [0.2, 0.25) is 0 Å². The summed E-state index contributed by atoms with van der Waals surface area (Å²) in [5.41, 5.74) is 1.99. The zero-order valence-corrected chi connectivity index (χ0v) is 11.0. The van der Waals surface area contributed by atoms with Crippen LogP contribution in [0.4, 0.5) is 8.78 Å². The van der Waals surface area contributed by atoms with Gasteiger partial charge >= 0.3 is 0 Å². The average molecular weight is 262 g/mol. The molecular formula is C15H16F2N2. The molecule has 0 aliphatic rings. The maximum Gasteiger partial charge on any atom is 0.130 e. The molecule has 2 nitrogen and oxygen atoms in total. The predicted molar refractivity (Wildman–Crippen MR) is 70.8 cm³/mol. The number of hydrogen-bond acceptors (Lipinski definition) is 2. The molecule has 1 heterocycles. The third-order valence-electron chi connectivity index (χ3n) is 3.19. The molecule has 1 unspecified atom stereocenters. The van der Waals surface area contributed by atoms with Crippen molar-refractivity contribution in [2.45, 2.75) is 19.4 Å². The molecule has 0 saturated carbocycles. The predicted octanol–water partition coefficient (Wildman–Crippen LogP) is 3.17. The van der Waals surface area contributed by atoms with Crippen molar-refractivity contribution in [1.29, 1.82) is 0 Å². The van der Waals surface area contributed by atoms with Gasteiger partial charge in [0.05, 0.1) is 0 Å². The fourth-order valence-electron chi connectivity index (χ4n) is 2.07. The Labute approximate surface area is 111 Å². The van der Waals surface area contributed by atoms with Crippen molar-refractivity contribution in [1.82, 2.24) is 10.3 Å². The van der Waals surface area contributed by atoms with Crippen molar-refractivity contribution in [3.63, 3.8) is 0 Å². The largest absolute Gasteiger partial charge is 0.313 e. The molecular weight excluding hydrogens is 246 g/mol. The second-order valence-electron chi connectivity index (χ2n) is 4.52. The molecule has 0 bridgehead atoms. The van der Waals surface area contributed by atoms with Crippen molar-refractivity contribution in [2.24, 2.45) is 0 Å². The fraction of sp³-hybridized carbons (Fsp3) is 0.267. The lowest BCUT2D eigenvalue weighted by Gasteiger charge is -2.18. The van der Waals surface area contributed by atoms with E-state index in [0.29, 0.717) is 17.5 Å². The van der Waals surface area contributed by atoms with Gasteiger partial charge in [-0.2, -0.15) is 0 Å². The zero-order chi connectivity index (χ0) is 13.8. The second-order valence-corrected chi connectivity index (χ2v) is 4.52. The van der Waals surface area contributed by atoms with Crippen molar-refractivity contribution in [3.05, 3.63) is 65.0 Å². The van der Waals surface area contributed by atoms with Crippen molar-refractivity contribution in [3.8, 4) is 0 Å². The number of halogens is 2. The molecule has 0 fully saturated rings. The number of pyridine rings is 1. The SMILES string of the molecule is CNC(Cc1ccncc1)c1cc(C)c(F)cc1F. The van der Waals surface area contributed by atoms with E-state index in [0.717, 1.165) is 11.6 Å². The maximum absolute atomic E-state index is 13.9. The summed E-state index contributed by atoms with van der Waals surface area (Å²) < 4.78 is 27.2. The number of benzene rings is 1. The highest BCUT2D eigenvalue weighted by molar-refractivity contribution is 5.29. The van der Waals surface area contributed by atoms with Gasteiger partial charge in [-0.1, -0.05) is 0 Å². The molecule has 2 aromatic rings. The van der Waals surface area contributed by atoms with Gasteiger partial charge in [-0.15, -0.1) is 0 Å². The van der Waals surface area contributed by atoms with E-state index in [4.69, 9.17) is 0 Å². The third kappa shape index (κ3) is 3.15. The zero-order valence-electron chi connectivity index (χ0n) is 11.0. The minimum Gasteiger partial charge on any atom is -0.313 e. The smallest absolute Gasteiger partial charge is 0.130 e. The van der Waals surface area contributed by atoms with Crippen molar-refractivity contribution < 1.29 is 8.78 Å². The van der Waals surface area contributed by atoms with Crippen molar-refractivity contribution in [2.75, 3.05) is 7.05 Å². The van der Waals surface area contributed by atoms with Gasteiger partial charge in [-0.05, 0) is 49.7 Å². The van der Waals surface area contributed by atoms with Crippen LogP contribution in [-0.2, 0) is 6.42 Å². The van der Waals surface area contributed by atoms with Crippen molar-refractivity contribution >= 4 is 0 Å². The Hall–Kier alpha value is -1.81. The standard InChI is InChI=1S/C15H16F2N2/c1-10-7-12(14(17)9-13(10)16)15(18-2)8-11-3-5-19-6-4-11/h3-7,9,15,18H,8H2,1-2H3. The molecule has 100 valence electrons. The van der Waals surface area contributed by atoms with Gasteiger partial charge in [0.25, 0.3) is 0 Å². The molecule has 1 aromatic carbocycles. The van der Waals surface area contributed by atoms with E-state index in [2.05, 4.69) is 10.3 Å². The Morgan fingerprint density at radius 1 is 1.16 bits per heavy atom. The normalized spacial score (nSPS) is 12.4.